The highest BCUT2D eigenvalue weighted by Crippen LogP contribution is 2.14. The Labute approximate surface area is 86.6 Å². The molecule has 74 valence electrons. The summed E-state index contributed by atoms with van der Waals surface area (Å²) in [6.45, 7) is 2.29. The largest absolute Gasteiger partial charge is 0.396 e. The summed E-state index contributed by atoms with van der Waals surface area (Å²) in [4.78, 5) is 18.3. The first kappa shape index (κ1) is 10.7. The van der Waals surface area contributed by atoms with E-state index in [0.29, 0.717) is 18.0 Å². The number of allylic oxidation sites excluding steroid dienone is 3. The van der Waals surface area contributed by atoms with Gasteiger partial charge in [-0.1, -0.05) is 11.2 Å². The summed E-state index contributed by atoms with van der Waals surface area (Å²) in [6, 6.07) is 0. The van der Waals surface area contributed by atoms with E-state index in [1.807, 2.05) is 6.92 Å². The fraction of sp³-hybridized carbons (Fsp3) is 0.333. The Morgan fingerprint density at radius 1 is 1.71 bits per heavy atom. The van der Waals surface area contributed by atoms with Crippen LogP contribution in [0.2, 0.25) is 0 Å². The van der Waals surface area contributed by atoms with Crippen LogP contribution in [0.3, 0.4) is 0 Å². The van der Waals surface area contributed by atoms with Crippen molar-refractivity contribution in [1.29, 1.82) is 0 Å². The number of oxime groups is 1. The predicted octanol–water partition coefficient (Wildman–Crippen LogP) is 1.78. The molecule has 1 unspecified atom stereocenters. The van der Waals surface area contributed by atoms with Crippen LogP contribution in [0.25, 0.3) is 0 Å². The fourth-order valence-electron chi connectivity index (χ4n) is 0.899. The number of hydrogen-bond donors (Lipinski definition) is 0. The zero-order chi connectivity index (χ0) is 10.4. The monoisotopic (exact) mass is 212 g/mol. The van der Waals surface area contributed by atoms with Crippen molar-refractivity contribution in [2.24, 2.45) is 10.1 Å². The molecule has 0 bridgehead atoms. The first-order valence-corrected chi connectivity index (χ1v) is 4.53. The minimum atomic E-state index is -0.341. The maximum absolute atomic E-state index is 10.0. The van der Waals surface area contributed by atoms with Gasteiger partial charge in [-0.15, -0.1) is 11.6 Å². The van der Waals surface area contributed by atoms with Crippen LogP contribution in [0.5, 0.6) is 0 Å². The zero-order valence-corrected chi connectivity index (χ0v) is 8.36. The molecule has 0 aromatic rings. The van der Waals surface area contributed by atoms with Crippen LogP contribution in [0, 0.1) is 0 Å². The van der Waals surface area contributed by atoms with Gasteiger partial charge < -0.3 is 4.84 Å². The molecule has 0 spiro atoms. The highest BCUT2D eigenvalue weighted by Gasteiger charge is 2.13. The molecule has 0 saturated carbocycles. The summed E-state index contributed by atoms with van der Waals surface area (Å²) in [6.07, 6.45) is 6.34. The number of alkyl halides is 1. The van der Waals surface area contributed by atoms with Crippen molar-refractivity contribution >= 4 is 23.4 Å². The average Bonchev–Trinajstić information content (AvgIpc) is 2.19. The highest BCUT2D eigenvalue weighted by molar-refractivity contribution is 6.35. The normalized spacial score (nSPS) is 22.9. The molecule has 0 heterocycles. The van der Waals surface area contributed by atoms with Gasteiger partial charge in [0.2, 0.25) is 6.08 Å². The molecule has 0 fully saturated rings. The maximum atomic E-state index is 10.0. The molecule has 0 aromatic carbocycles. The van der Waals surface area contributed by atoms with Gasteiger partial charge in [0.15, 0.2) is 0 Å². The van der Waals surface area contributed by atoms with Gasteiger partial charge >= 0.3 is 0 Å². The number of rotatable bonds is 3. The lowest BCUT2D eigenvalue weighted by molar-refractivity contribution is 0.158. The third kappa shape index (κ3) is 2.83. The Morgan fingerprint density at radius 2 is 2.50 bits per heavy atom. The van der Waals surface area contributed by atoms with Gasteiger partial charge in [-0.25, -0.2) is 4.79 Å². The molecule has 1 aliphatic carbocycles. The lowest BCUT2D eigenvalue weighted by Gasteiger charge is -2.09. The molecule has 1 rings (SSSR count). The number of hydrogen-bond acceptors (Lipinski definition) is 4. The second-order valence-corrected chi connectivity index (χ2v) is 2.94. The van der Waals surface area contributed by atoms with Crippen LogP contribution in [0.1, 0.15) is 6.92 Å². The van der Waals surface area contributed by atoms with E-state index in [0.717, 1.165) is 0 Å². The molecule has 0 N–H and O–H groups in total. The van der Waals surface area contributed by atoms with Gasteiger partial charge in [-0.3, -0.25) is 0 Å². The Hall–Kier alpha value is -1.38. The van der Waals surface area contributed by atoms with Crippen molar-refractivity contribution in [3.05, 3.63) is 23.9 Å². The summed E-state index contributed by atoms with van der Waals surface area (Å²) in [5, 5.41) is 3.44. The molecule has 1 aliphatic rings. The SMILES string of the molecule is CCON=C1C=C(N=C=O)C=CC1Cl. The summed E-state index contributed by atoms with van der Waals surface area (Å²) in [7, 11) is 0. The van der Waals surface area contributed by atoms with Gasteiger partial charge in [-0.2, -0.15) is 4.99 Å². The number of aliphatic imine (C=N–C) groups is 1. The minimum Gasteiger partial charge on any atom is -0.396 e. The Bertz CT molecular complexity index is 341. The van der Waals surface area contributed by atoms with Crippen molar-refractivity contribution in [3.63, 3.8) is 0 Å². The molecule has 0 aromatic heterocycles. The van der Waals surface area contributed by atoms with Crippen LogP contribution in [-0.4, -0.2) is 23.8 Å². The Morgan fingerprint density at radius 3 is 3.14 bits per heavy atom. The Kier molecular flexibility index (Phi) is 4.11. The third-order valence-corrected chi connectivity index (χ3v) is 1.86. The summed E-state index contributed by atoms with van der Waals surface area (Å²) in [5.74, 6) is 0. The van der Waals surface area contributed by atoms with Gasteiger partial charge in [0, 0.05) is 0 Å². The number of nitrogens with zero attached hydrogens (tertiary/aromatic N) is 2. The molecule has 1 atom stereocenters. The topological polar surface area (TPSA) is 51.0 Å². The number of halogens is 1. The lowest BCUT2D eigenvalue weighted by atomic mass is 10.1. The molecule has 4 nitrogen and oxygen atoms in total. The third-order valence-electron chi connectivity index (χ3n) is 1.49. The van der Waals surface area contributed by atoms with Gasteiger partial charge in [-0.05, 0) is 19.1 Å². The molecule has 0 radical (unpaired) electrons. The second-order valence-electron chi connectivity index (χ2n) is 2.47. The molecular formula is C9H9ClN2O2. The van der Waals surface area contributed by atoms with Crippen molar-refractivity contribution in [1.82, 2.24) is 0 Å². The van der Waals surface area contributed by atoms with Crippen LogP contribution in [-0.2, 0) is 9.63 Å². The van der Waals surface area contributed by atoms with E-state index in [1.54, 1.807) is 18.2 Å². The van der Waals surface area contributed by atoms with Gasteiger partial charge in [0.1, 0.15) is 12.3 Å². The van der Waals surface area contributed by atoms with Crippen LogP contribution in [0.15, 0.2) is 34.1 Å². The quantitative estimate of drug-likeness (QED) is 0.310. The standard InChI is InChI=1S/C9H9ClN2O2/c1-2-14-12-9-5-7(11-6-13)3-4-8(9)10/h3-5,8H,2H2,1H3. The lowest BCUT2D eigenvalue weighted by Crippen LogP contribution is -2.13. The van der Waals surface area contributed by atoms with Crippen LogP contribution in [0.4, 0.5) is 0 Å². The van der Waals surface area contributed by atoms with Crippen molar-refractivity contribution < 1.29 is 9.63 Å². The fourth-order valence-corrected chi connectivity index (χ4v) is 1.07. The van der Waals surface area contributed by atoms with Crippen molar-refractivity contribution in [2.45, 2.75) is 12.3 Å². The maximum Gasteiger partial charge on any atom is 0.240 e. The highest BCUT2D eigenvalue weighted by atomic mass is 35.5. The average molecular weight is 213 g/mol. The second kappa shape index (κ2) is 5.37. The van der Waals surface area contributed by atoms with E-state index >= 15 is 0 Å². The van der Waals surface area contributed by atoms with Crippen LogP contribution >= 0.6 is 11.6 Å². The minimum absolute atomic E-state index is 0.341. The predicted molar refractivity (Wildman–Crippen MR) is 54.0 cm³/mol. The van der Waals surface area contributed by atoms with E-state index in [1.165, 1.54) is 6.08 Å². The summed E-state index contributed by atoms with van der Waals surface area (Å²) < 4.78 is 0. The van der Waals surface area contributed by atoms with E-state index in [9.17, 15) is 4.79 Å². The molecule has 5 heteroatoms. The molecule has 14 heavy (non-hydrogen) atoms. The van der Waals surface area contributed by atoms with Crippen LogP contribution < -0.4 is 0 Å². The van der Waals surface area contributed by atoms with Gasteiger partial charge in [0.05, 0.1) is 11.1 Å². The Balaban J connectivity index is 2.84. The van der Waals surface area contributed by atoms with Crippen molar-refractivity contribution in [3.8, 4) is 0 Å². The van der Waals surface area contributed by atoms with Crippen molar-refractivity contribution in [2.75, 3.05) is 6.61 Å². The number of isocyanates is 1. The molecular weight excluding hydrogens is 204 g/mol. The molecule has 0 aliphatic heterocycles. The van der Waals surface area contributed by atoms with Gasteiger partial charge in [0.25, 0.3) is 0 Å². The smallest absolute Gasteiger partial charge is 0.240 e. The zero-order valence-electron chi connectivity index (χ0n) is 7.61. The van der Waals surface area contributed by atoms with E-state index in [-0.39, 0.29) is 5.38 Å². The number of carbonyl (C=O) groups excluding carboxylic acids is 1. The summed E-state index contributed by atoms with van der Waals surface area (Å²) in [5.41, 5.74) is 1.00. The molecule has 0 saturated heterocycles. The van der Waals surface area contributed by atoms with E-state index < -0.39 is 0 Å². The van der Waals surface area contributed by atoms with E-state index in [4.69, 9.17) is 16.4 Å². The first-order valence-electron chi connectivity index (χ1n) is 4.09. The summed E-state index contributed by atoms with van der Waals surface area (Å²) >= 11 is 5.90. The van der Waals surface area contributed by atoms with E-state index in [2.05, 4.69) is 10.1 Å². The first-order chi connectivity index (χ1) is 6.77. The molecule has 0 amide bonds.